The molecule has 0 saturated carbocycles. The molecule has 0 amide bonds. The van der Waals surface area contributed by atoms with E-state index in [1.165, 1.54) is 11.3 Å². The molecule has 2 aromatic heterocycles. The molecule has 0 aromatic carbocycles. The average molecular weight is 351 g/mol. The van der Waals surface area contributed by atoms with Crippen LogP contribution in [0.15, 0.2) is 22.8 Å². The fraction of sp³-hybridized carbons (Fsp3) is 0.500. The van der Waals surface area contributed by atoms with Crippen molar-refractivity contribution in [1.29, 1.82) is 0 Å². The Morgan fingerprint density at radius 1 is 1.38 bits per heavy atom. The molecule has 5 heteroatoms. The van der Waals surface area contributed by atoms with Gasteiger partial charge in [0.25, 0.3) is 0 Å². The van der Waals surface area contributed by atoms with Gasteiger partial charge in [0.1, 0.15) is 0 Å². The highest BCUT2D eigenvalue weighted by atomic mass is 79.9. The molecule has 2 aromatic rings. The molecular formula is C16H23BrN4. The van der Waals surface area contributed by atoms with E-state index in [0.717, 1.165) is 35.2 Å². The molecule has 0 radical (unpaired) electrons. The monoisotopic (exact) mass is 350 g/mol. The Hall–Kier alpha value is -1.20. The van der Waals surface area contributed by atoms with E-state index < -0.39 is 0 Å². The molecule has 0 aliphatic carbocycles. The molecule has 4 nitrogen and oxygen atoms in total. The Bertz CT molecular complexity index is 606. The van der Waals surface area contributed by atoms with Crippen molar-refractivity contribution >= 4 is 15.9 Å². The summed E-state index contributed by atoms with van der Waals surface area (Å²) >= 11 is 3.66. The summed E-state index contributed by atoms with van der Waals surface area (Å²) in [6, 6.07) is 4.38. The number of halogens is 1. The van der Waals surface area contributed by atoms with Gasteiger partial charge in [0.2, 0.25) is 0 Å². The quantitative estimate of drug-likeness (QED) is 0.868. The van der Waals surface area contributed by atoms with E-state index in [1.54, 1.807) is 0 Å². The van der Waals surface area contributed by atoms with Crippen LogP contribution in [0.3, 0.4) is 0 Å². The van der Waals surface area contributed by atoms with Crippen LogP contribution in [0, 0.1) is 6.92 Å². The van der Waals surface area contributed by atoms with Crippen LogP contribution in [-0.4, -0.2) is 21.3 Å². The van der Waals surface area contributed by atoms with Gasteiger partial charge in [-0.2, -0.15) is 5.10 Å². The van der Waals surface area contributed by atoms with Gasteiger partial charge in [0.05, 0.1) is 27.6 Å². The lowest BCUT2D eigenvalue weighted by Gasteiger charge is -2.20. The fourth-order valence-corrected chi connectivity index (χ4v) is 3.17. The van der Waals surface area contributed by atoms with Crippen LogP contribution in [-0.2, 0) is 19.9 Å². The lowest BCUT2D eigenvalue weighted by atomic mass is 10.0. The largest absolute Gasteiger partial charge is 0.309 e. The molecule has 2 heterocycles. The van der Waals surface area contributed by atoms with Gasteiger partial charge in [-0.3, -0.25) is 9.67 Å². The van der Waals surface area contributed by atoms with Gasteiger partial charge >= 0.3 is 0 Å². The maximum absolute atomic E-state index is 4.62. The smallest absolute Gasteiger partial charge is 0.0738 e. The number of rotatable bonds is 6. The first-order chi connectivity index (χ1) is 10.1. The van der Waals surface area contributed by atoms with Gasteiger partial charge in [-0.05, 0) is 47.4 Å². The first kappa shape index (κ1) is 16.2. The highest BCUT2D eigenvalue weighted by Gasteiger charge is 2.20. The number of nitrogens with zero attached hydrogens (tertiary/aromatic N) is 3. The summed E-state index contributed by atoms with van der Waals surface area (Å²) in [5.74, 6) is 0. The van der Waals surface area contributed by atoms with Gasteiger partial charge in [0, 0.05) is 19.7 Å². The number of hydrogen-bond acceptors (Lipinski definition) is 3. The van der Waals surface area contributed by atoms with Crippen molar-refractivity contribution in [2.24, 2.45) is 7.05 Å². The van der Waals surface area contributed by atoms with E-state index in [4.69, 9.17) is 0 Å². The molecule has 21 heavy (non-hydrogen) atoms. The Morgan fingerprint density at radius 3 is 2.71 bits per heavy atom. The van der Waals surface area contributed by atoms with Crippen LogP contribution in [0.25, 0.3) is 0 Å². The summed E-state index contributed by atoms with van der Waals surface area (Å²) in [4.78, 5) is 4.62. The van der Waals surface area contributed by atoms with Crippen LogP contribution in [0.2, 0.25) is 0 Å². The molecule has 114 valence electrons. The maximum atomic E-state index is 4.62. The summed E-state index contributed by atoms with van der Waals surface area (Å²) in [6.45, 7) is 7.24. The molecule has 0 aliphatic rings. The summed E-state index contributed by atoms with van der Waals surface area (Å²) in [7, 11) is 2.00. The van der Waals surface area contributed by atoms with Crippen LogP contribution in [0.5, 0.6) is 0 Å². The Labute approximate surface area is 135 Å². The zero-order chi connectivity index (χ0) is 15.4. The van der Waals surface area contributed by atoms with E-state index in [1.807, 2.05) is 30.9 Å². The molecule has 1 N–H and O–H groups in total. The Morgan fingerprint density at radius 2 is 2.14 bits per heavy atom. The summed E-state index contributed by atoms with van der Waals surface area (Å²) in [5.41, 5.74) is 4.68. The third kappa shape index (κ3) is 3.52. The number of aromatic nitrogens is 3. The molecule has 0 saturated heterocycles. The third-order valence-electron chi connectivity index (χ3n) is 3.75. The second kappa shape index (κ2) is 7.18. The van der Waals surface area contributed by atoms with Gasteiger partial charge in [-0.1, -0.05) is 19.9 Å². The van der Waals surface area contributed by atoms with E-state index in [-0.39, 0.29) is 6.04 Å². The van der Waals surface area contributed by atoms with Gasteiger partial charge in [0.15, 0.2) is 0 Å². The normalized spacial score (nSPS) is 12.6. The van der Waals surface area contributed by atoms with Crippen molar-refractivity contribution in [3.05, 3.63) is 45.4 Å². The summed E-state index contributed by atoms with van der Waals surface area (Å²) < 4.78 is 3.06. The van der Waals surface area contributed by atoms with E-state index in [2.05, 4.69) is 51.2 Å². The summed E-state index contributed by atoms with van der Waals surface area (Å²) in [6.07, 6.45) is 3.74. The molecule has 1 atom stereocenters. The average Bonchev–Trinajstić information content (AvgIpc) is 2.73. The molecule has 0 aliphatic heterocycles. The topological polar surface area (TPSA) is 42.7 Å². The minimum atomic E-state index is 0.206. The number of nitrogens with one attached hydrogen (secondary N) is 1. The first-order valence-corrected chi connectivity index (χ1v) is 8.22. The van der Waals surface area contributed by atoms with Crippen molar-refractivity contribution in [2.45, 2.75) is 39.7 Å². The summed E-state index contributed by atoms with van der Waals surface area (Å²) in [5, 5.41) is 8.04. The van der Waals surface area contributed by atoms with Crippen LogP contribution in [0.1, 0.15) is 42.5 Å². The Kier molecular flexibility index (Phi) is 5.53. The highest BCUT2D eigenvalue weighted by molar-refractivity contribution is 9.10. The third-order valence-corrected chi connectivity index (χ3v) is 4.78. The second-order valence-electron chi connectivity index (χ2n) is 5.19. The molecule has 1 unspecified atom stereocenters. The minimum absolute atomic E-state index is 0.206. The SMILES string of the molecule is CCNC(Cc1c(Br)c(C)nn1C)c1ncccc1CC. The standard InChI is InChI=1S/C16H23BrN4/c1-5-12-8-7-9-19-16(12)13(18-6-2)10-14-15(17)11(3)20-21(14)4/h7-9,13,18H,5-6,10H2,1-4H3. The lowest BCUT2D eigenvalue weighted by molar-refractivity contribution is 0.512. The second-order valence-corrected chi connectivity index (χ2v) is 5.98. The van der Waals surface area contributed by atoms with E-state index in [9.17, 15) is 0 Å². The predicted octanol–water partition coefficient (Wildman–Crippen LogP) is 3.34. The minimum Gasteiger partial charge on any atom is -0.309 e. The molecule has 0 spiro atoms. The molecule has 0 bridgehead atoms. The first-order valence-electron chi connectivity index (χ1n) is 7.43. The van der Waals surface area contributed by atoms with E-state index >= 15 is 0 Å². The number of likely N-dealkylation sites (N-methyl/N-ethyl adjacent to an activating group) is 1. The fourth-order valence-electron chi connectivity index (χ4n) is 2.67. The van der Waals surface area contributed by atoms with Crippen LogP contribution >= 0.6 is 15.9 Å². The Balaban J connectivity index is 2.35. The molecular weight excluding hydrogens is 328 g/mol. The van der Waals surface area contributed by atoms with Crippen LogP contribution in [0.4, 0.5) is 0 Å². The van der Waals surface area contributed by atoms with E-state index in [0.29, 0.717) is 0 Å². The maximum Gasteiger partial charge on any atom is 0.0738 e. The van der Waals surface area contributed by atoms with Gasteiger partial charge in [-0.25, -0.2) is 0 Å². The van der Waals surface area contributed by atoms with Gasteiger partial charge in [-0.15, -0.1) is 0 Å². The van der Waals surface area contributed by atoms with Crippen LogP contribution < -0.4 is 5.32 Å². The van der Waals surface area contributed by atoms with Crippen molar-refractivity contribution in [2.75, 3.05) is 6.54 Å². The van der Waals surface area contributed by atoms with Crippen molar-refractivity contribution in [3.8, 4) is 0 Å². The van der Waals surface area contributed by atoms with Crippen molar-refractivity contribution < 1.29 is 0 Å². The zero-order valence-electron chi connectivity index (χ0n) is 13.2. The predicted molar refractivity (Wildman–Crippen MR) is 89.4 cm³/mol. The molecule has 0 fully saturated rings. The van der Waals surface area contributed by atoms with Crippen molar-refractivity contribution in [1.82, 2.24) is 20.1 Å². The van der Waals surface area contributed by atoms with Crippen molar-refractivity contribution in [3.63, 3.8) is 0 Å². The number of pyridine rings is 1. The van der Waals surface area contributed by atoms with Gasteiger partial charge < -0.3 is 5.32 Å². The highest BCUT2D eigenvalue weighted by Crippen LogP contribution is 2.26. The zero-order valence-corrected chi connectivity index (χ0v) is 14.7. The lowest BCUT2D eigenvalue weighted by Crippen LogP contribution is -2.26. The number of hydrogen-bond donors (Lipinski definition) is 1. The molecule has 2 rings (SSSR count). The number of aryl methyl sites for hydroxylation is 3.